The number of nitrogens with zero attached hydrogens (tertiary/aromatic N) is 2. The maximum atomic E-state index is 12.4. The Morgan fingerprint density at radius 1 is 1.30 bits per heavy atom. The van der Waals surface area contributed by atoms with Crippen LogP contribution in [0, 0.1) is 6.92 Å². The molecule has 1 amide bonds. The van der Waals surface area contributed by atoms with Crippen molar-refractivity contribution in [3.8, 4) is 0 Å². The van der Waals surface area contributed by atoms with E-state index in [1.54, 1.807) is 22.7 Å². The minimum absolute atomic E-state index is 0.0973. The van der Waals surface area contributed by atoms with Crippen LogP contribution in [0.4, 0.5) is 0 Å². The van der Waals surface area contributed by atoms with Gasteiger partial charge in [0.25, 0.3) is 5.91 Å². The number of hydrogen-bond donors (Lipinski definition) is 2. The smallest absolute Gasteiger partial charge is 0.271 e. The standard InChI is InChI=1S/C17H16ClN3O2/c1-11-6-2-3-7-12(11)13(22)10-19-17(23)15-16(18)20-14-8-4-5-9-21(14)15/h2-9,13,22H,10H2,1H3,(H,19,23). The van der Waals surface area contributed by atoms with E-state index >= 15 is 0 Å². The van der Waals surface area contributed by atoms with Crippen molar-refractivity contribution in [3.63, 3.8) is 0 Å². The van der Waals surface area contributed by atoms with Crippen molar-refractivity contribution in [1.82, 2.24) is 14.7 Å². The Labute approximate surface area is 138 Å². The van der Waals surface area contributed by atoms with Crippen LogP contribution in [0.15, 0.2) is 48.7 Å². The molecule has 6 heteroatoms. The molecule has 0 aliphatic heterocycles. The lowest BCUT2D eigenvalue weighted by molar-refractivity contribution is 0.0910. The van der Waals surface area contributed by atoms with Crippen LogP contribution in [0.2, 0.25) is 5.15 Å². The average molecular weight is 330 g/mol. The van der Waals surface area contributed by atoms with E-state index in [1.807, 2.05) is 37.3 Å². The van der Waals surface area contributed by atoms with Gasteiger partial charge >= 0.3 is 0 Å². The van der Waals surface area contributed by atoms with Gasteiger partial charge in [0.2, 0.25) is 0 Å². The second-order valence-corrected chi connectivity index (χ2v) is 5.62. The number of aliphatic hydroxyl groups excluding tert-OH is 1. The van der Waals surface area contributed by atoms with Crippen LogP contribution < -0.4 is 5.32 Å². The quantitative estimate of drug-likeness (QED) is 0.773. The van der Waals surface area contributed by atoms with Crippen molar-refractivity contribution in [2.45, 2.75) is 13.0 Å². The zero-order valence-corrected chi connectivity index (χ0v) is 13.3. The molecule has 0 aliphatic carbocycles. The highest BCUT2D eigenvalue weighted by Gasteiger charge is 2.19. The number of fused-ring (bicyclic) bond motifs is 1. The van der Waals surface area contributed by atoms with Gasteiger partial charge in [-0.25, -0.2) is 4.98 Å². The van der Waals surface area contributed by atoms with E-state index in [0.717, 1.165) is 11.1 Å². The molecule has 0 bridgehead atoms. The fraction of sp³-hybridized carbons (Fsp3) is 0.176. The molecule has 2 aromatic heterocycles. The molecular weight excluding hydrogens is 314 g/mol. The summed E-state index contributed by atoms with van der Waals surface area (Å²) in [7, 11) is 0. The Morgan fingerprint density at radius 2 is 2.04 bits per heavy atom. The average Bonchev–Trinajstić information content (AvgIpc) is 2.88. The number of carbonyl (C=O) groups excluding carboxylic acids is 1. The Hall–Kier alpha value is -2.37. The van der Waals surface area contributed by atoms with E-state index in [2.05, 4.69) is 10.3 Å². The molecule has 0 saturated heterocycles. The molecule has 23 heavy (non-hydrogen) atoms. The van der Waals surface area contributed by atoms with Crippen molar-refractivity contribution >= 4 is 23.2 Å². The lowest BCUT2D eigenvalue weighted by Gasteiger charge is -2.14. The minimum Gasteiger partial charge on any atom is -0.387 e. The van der Waals surface area contributed by atoms with Gasteiger partial charge in [0.15, 0.2) is 10.8 Å². The summed E-state index contributed by atoms with van der Waals surface area (Å²) in [5.74, 6) is -0.374. The Bertz CT molecular complexity index is 860. The van der Waals surface area contributed by atoms with Crippen LogP contribution in [-0.4, -0.2) is 26.9 Å². The fourth-order valence-corrected chi connectivity index (χ4v) is 2.78. The molecule has 0 aliphatic rings. The van der Waals surface area contributed by atoms with E-state index in [9.17, 15) is 9.90 Å². The number of nitrogens with one attached hydrogen (secondary N) is 1. The molecule has 1 unspecified atom stereocenters. The number of benzene rings is 1. The molecule has 3 rings (SSSR count). The van der Waals surface area contributed by atoms with Crippen molar-refractivity contribution in [1.29, 1.82) is 0 Å². The van der Waals surface area contributed by atoms with Crippen molar-refractivity contribution < 1.29 is 9.90 Å². The van der Waals surface area contributed by atoms with Crippen molar-refractivity contribution in [3.05, 3.63) is 70.6 Å². The molecule has 2 N–H and O–H groups in total. The van der Waals surface area contributed by atoms with E-state index in [0.29, 0.717) is 5.65 Å². The summed E-state index contributed by atoms with van der Waals surface area (Å²) in [6.07, 6.45) is 0.944. The number of hydrogen-bond acceptors (Lipinski definition) is 3. The summed E-state index contributed by atoms with van der Waals surface area (Å²) in [5, 5.41) is 13.1. The lowest BCUT2D eigenvalue weighted by Crippen LogP contribution is -2.29. The van der Waals surface area contributed by atoms with Gasteiger partial charge in [0.1, 0.15) is 5.65 Å². The summed E-state index contributed by atoms with van der Waals surface area (Å²) in [5.41, 5.74) is 2.63. The highest BCUT2D eigenvalue weighted by atomic mass is 35.5. The van der Waals surface area contributed by atoms with Crippen LogP contribution in [0.5, 0.6) is 0 Å². The SMILES string of the molecule is Cc1ccccc1C(O)CNC(=O)c1c(Cl)nc2ccccn12. The number of carbonyl (C=O) groups is 1. The molecule has 0 fully saturated rings. The van der Waals surface area contributed by atoms with Gasteiger partial charge in [0, 0.05) is 12.7 Å². The molecular formula is C17H16ClN3O2. The first kappa shape index (κ1) is 15.5. The first-order valence-corrected chi connectivity index (χ1v) is 7.60. The summed E-state index contributed by atoms with van der Waals surface area (Å²) < 4.78 is 1.62. The minimum atomic E-state index is -0.780. The number of pyridine rings is 1. The van der Waals surface area contributed by atoms with Crippen molar-refractivity contribution in [2.75, 3.05) is 6.54 Å². The highest BCUT2D eigenvalue weighted by Crippen LogP contribution is 2.19. The Balaban J connectivity index is 1.77. The topological polar surface area (TPSA) is 66.6 Å². The van der Waals surface area contributed by atoms with Gasteiger partial charge < -0.3 is 10.4 Å². The number of aryl methyl sites for hydroxylation is 1. The number of amides is 1. The van der Waals surface area contributed by atoms with Gasteiger partial charge in [-0.2, -0.15) is 0 Å². The molecule has 0 radical (unpaired) electrons. The molecule has 1 atom stereocenters. The van der Waals surface area contributed by atoms with Crippen LogP contribution in [-0.2, 0) is 0 Å². The number of rotatable bonds is 4. The largest absolute Gasteiger partial charge is 0.387 e. The summed E-state index contributed by atoms with van der Waals surface area (Å²) in [4.78, 5) is 16.5. The first-order valence-electron chi connectivity index (χ1n) is 7.22. The van der Waals surface area contributed by atoms with Crippen LogP contribution in [0.25, 0.3) is 5.65 Å². The summed E-state index contributed by atoms with van der Waals surface area (Å²) in [6, 6.07) is 12.9. The third-order valence-corrected chi connectivity index (χ3v) is 3.97. The van der Waals surface area contributed by atoms with E-state index in [1.165, 1.54) is 0 Å². The van der Waals surface area contributed by atoms with Gasteiger partial charge in [-0.3, -0.25) is 9.20 Å². The Morgan fingerprint density at radius 3 is 2.83 bits per heavy atom. The van der Waals surface area contributed by atoms with Crippen LogP contribution in [0.3, 0.4) is 0 Å². The van der Waals surface area contributed by atoms with Crippen LogP contribution in [0.1, 0.15) is 27.7 Å². The number of imidazole rings is 1. The fourth-order valence-electron chi connectivity index (χ4n) is 2.51. The number of halogens is 1. The molecule has 1 aromatic carbocycles. The Kier molecular flexibility index (Phi) is 4.32. The van der Waals surface area contributed by atoms with E-state index in [4.69, 9.17) is 11.6 Å². The number of aromatic nitrogens is 2. The third-order valence-electron chi connectivity index (χ3n) is 3.71. The zero-order valence-electron chi connectivity index (χ0n) is 12.5. The maximum absolute atomic E-state index is 12.4. The van der Waals surface area contributed by atoms with Gasteiger partial charge in [-0.05, 0) is 30.2 Å². The van der Waals surface area contributed by atoms with Gasteiger partial charge in [0.05, 0.1) is 6.10 Å². The first-order chi connectivity index (χ1) is 11.1. The molecule has 2 heterocycles. The van der Waals surface area contributed by atoms with E-state index in [-0.39, 0.29) is 23.3 Å². The van der Waals surface area contributed by atoms with Crippen LogP contribution >= 0.6 is 11.6 Å². The summed E-state index contributed by atoms with van der Waals surface area (Å²) >= 11 is 6.06. The monoisotopic (exact) mass is 329 g/mol. The lowest BCUT2D eigenvalue weighted by atomic mass is 10.0. The van der Waals surface area contributed by atoms with Gasteiger partial charge in [-0.15, -0.1) is 0 Å². The maximum Gasteiger partial charge on any atom is 0.271 e. The second-order valence-electron chi connectivity index (χ2n) is 5.26. The third kappa shape index (κ3) is 3.06. The molecule has 3 aromatic rings. The second kappa shape index (κ2) is 6.40. The van der Waals surface area contributed by atoms with Gasteiger partial charge in [-0.1, -0.05) is 41.9 Å². The molecule has 0 spiro atoms. The normalized spacial score (nSPS) is 12.3. The predicted molar refractivity (Wildman–Crippen MR) is 88.7 cm³/mol. The highest BCUT2D eigenvalue weighted by molar-refractivity contribution is 6.32. The van der Waals surface area contributed by atoms with Crippen molar-refractivity contribution in [2.24, 2.45) is 0 Å². The molecule has 5 nitrogen and oxygen atoms in total. The zero-order chi connectivity index (χ0) is 16.4. The molecule has 118 valence electrons. The predicted octanol–water partition coefficient (Wildman–Crippen LogP) is 2.76. The van der Waals surface area contributed by atoms with E-state index < -0.39 is 6.10 Å². The molecule has 0 saturated carbocycles. The number of aliphatic hydroxyl groups is 1. The summed E-state index contributed by atoms with van der Waals surface area (Å²) in [6.45, 7) is 2.02.